The lowest BCUT2D eigenvalue weighted by molar-refractivity contribution is 0.0950. The van der Waals surface area contributed by atoms with E-state index < -0.39 is 0 Å². The minimum Gasteiger partial charge on any atom is -0.385 e. The highest BCUT2D eigenvalue weighted by Crippen LogP contribution is 2.09. The molecule has 100 valence electrons. The Bertz CT molecular complexity index is 545. The van der Waals surface area contributed by atoms with Gasteiger partial charge in [-0.3, -0.25) is 9.48 Å². The molecule has 0 unspecified atom stereocenters. The van der Waals surface area contributed by atoms with Crippen molar-refractivity contribution >= 4 is 11.6 Å². The van der Waals surface area contributed by atoms with Gasteiger partial charge in [0.1, 0.15) is 0 Å². The molecule has 0 fully saturated rings. The number of benzene rings is 1. The molecule has 19 heavy (non-hydrogen) atoms. The van der Waals surface area contributed by atoms with Gasteiger partial charge in [-0.2, -0.15) is 5.10 Å². The van der Waals surface area contributed by atoms with E-state index in [1.807, 2.05) is 50.5 Å². The van der Waals surface area contributed by atoms with Crippen LogP contribution in [0.4, 0.5) is 5.69 Å². The van der Waals surface area contributed by atoms with E-state index in [1.54, 1.807) is 4.68 Å². The summed E-state index contributed by atoms with van der Waals surface area (Å²) in [4.78, 5) is 11.9. The number of aromatic nitrogens is 2. The number of aryl methyl sites for hydroxylation is 1. The lowest BCUT2D eigenvalue weighted by Crippen LogP contribution is -2.23. The zero-order valence-electron chi connectivity index (χ0n) is 11.2. The van der Waals surface area contributed by atoms with Gasteiger partial charge in [-0.15, -0.1) is 0 Å². The number of carbonyl (C=O) groups excluding carboxylic acids is 1. The molecule has 0 aliphatic carbocycles. The second kappa shape index (κ2) is 6.04. The van der Waals surface area contributed by atoms with Crippen molar-refractivity contribution in [1.29, 1.82) is 0 Å². The second-order valence-corrected chi connectivity index (χ2v) is 4.27. The van der Waals surface area contributed by atoms with Gasteiger partial charge in [0.25, 0.3) is 5.91 Å². The van der Waals surface area contributed by atoms with Crippen LogP contribution in [0.15, 0.2) is 36.5 Å². The van der Waals surface area contributed by atoms with Crippen molar-refractivity contribution < 1.29 is 4.79 Å². The third kappa shape index (κ3) is 3.58. The van der Waals surface area contributed by atoms with Gasteiger partial charge in [0.15, 0.2) is 0 Å². The van der Waals surface area contributed by atoms with E-state index >= 15 is 0 Å². The first-order chi connectivity index (χ1) is 9.19. The Morgan fingerprint density at radius 3 is 2.58 bits per heavy atom. The van der Waals surface area contributed by atoms with E-state index in [-0.39, 0.29) is 5.91 Å². The molecule has 5 nitrogen and oxygen atoms in total. The lowest BCUT2D eigenvalue weighted by atomic mass is 10.2. The van der Waals surface area contributed by atoms with Crippen molar-refractivity contribution in [2.45, 2.75) is 13.5 Å². The largest absolute Gasteiger partial charge is 0.385 e. The van der Waals surface area contributed by atoms with Crippen LogP contribution < -0.4 is 10.6 Å². The van der Waals surface area contributed by atoms with E-state index in [9.17, 15) is 4.79 Å². The number of carbonyl (C=O) groups is 1. The molecule has 5 heteroatoms. The molecule has 2 rings (SSSR count). The zero-order valence-corrected chi connectivity index (χ0v) is 11.2. The first-order valence-electron chi connectivity index (χ1n) is 6.29. The molecule has 2 N–H and O–H groups in total. The summed E-state index contributed by atoms with van der Waals surface area (Å²) in [5.41, 5.74) is 2.52. The van der Waals surface area contributed by atoms with Gasteiger partial charge in [0.05, 0.1) is 12.2 Å². The number of nitrogens with zero attached hydrogens (tertiary/aromatic N) is 2. The average Bonchev–Trinajstić information content (AvgIpc) is 2.83. The number of rotatable bonds is 5. The Morgan fingerprint density at radius 2 is 2.00 bits per heavy atom. The highest BCUT2D eigenvalue weighted by Gasteiger charge is 2.05. The molecule has 0 radical (unpaired) electrons. The summed E-state index contributed by atoms with van der Waals surface area (Å²) in [6.45, 7) is 3.34. The molecule has 0 aliphatic heterocycles. The van der Waals surface area contributed by atoms with Crippen molar-refractivity contribution in [1.82, 2.24) is 15.1 Å². The van der Waals surface area contributed by atoms with Crippen molar-refractivity contribution in [2.24, 2.45) is 7.05 Å². The number of anilines is 1. The van der Waals surface area contributed by atoms with Crippen LogP contribution in [-0.2, 0) is 13.6 Å². The first kappa shape index (κ1) is 13.1. The van der Waals surface area contributed by atoms with Crippen LogP contribution in [0.25, 0.3) is 0 Å². The maximum absolute atomic E-state index is 11.9. The first-order valence-corrected chi connectivity index (χ1v) is 6.29. The highest BCUT2D eigenvalue weighted by atomic mass is 16.1. The third-order valence-corrected chi connectivity index (χ3v) is 2.73. The quantitative estimate of drug-likeness (QED) is 0.859. The van der Waals surface area contributed by atoms with Crippen molar-refractivity contribution in [3.63, 3.8) is 0 Å². The van der Waals surface area contributed by atoms with Gasteiger partial charge in [0.2, 0.25) is 0 Å². The van der Waals surface area contributed by atoms with Crippen molar-refractivity contribution in [3.8, 4) is 0 Å². The summed E-state index contributed by atoms with van der Waals surface area (Å²) in [7, 11) is 1.85. The van der Waals surface area contributed by atoms with E-state index in [0.717, 1.165) is 17.9 Å². The van der Waals surface area contributed by atoms with Gasteiger partial charge in [-0.25, -0.2) is 0 Å². The Morgan fingerprint density at radius 1 is 1.26 bits per heavy atom. The Hall–Kier alpha value is -2.30. The summed E-state index contributed by atoms with van der Waals surface area (Å²) in [5, 5.41) is 10.2. The minimum absolute atomic E-state index is 0.0892. The monoisotopic (exact) mass is 258 g/mol. The van der Waals surface area contributed by atoms with E-state index in [2.05, 4.69) is 15.7 Å². The summed E-state index contributed by atoms with van der Waals surface area (Å²) < 4.78 is 1.71. The van der Waals surface area contributed by atoms with Crippen LogP contribution in [0.2, 0.25) is 0 Å². The fourth-order valence-corrected chi connectivity index (χ4v) is 1.77. The molecular formula is C14H18N4O. The smallest absolute Gasteiger partial charge is 0.251 e. The van der Waals surface area contributed by atoms with Crippen LogP contribution in [-0.4, -0.2) is 22.2 Å². The predicted molar refractivity (Wildman–Crippen MR) is 75.0 cm³/mol. The summed E-state index contributed by atoms with van der Waals surface area (Å²) in [6.07, 6.45) is 1.85. The topological polar surface area (TPSA) is 59.0 Å². The number of amides is 1. The molecule has 0 spiro atoms. The standard InChI is InChI=1S/C14H18N4O/c1-3-15-12-6-4-11(5-7-12)14(19)16-10-13-8-9-18(2)17-13/h4-9,15H,3,10H2,1-2H3,(H,16,19). The highest BCUT2D eigenvalue weighted by molar-refractivity contribution is 5.94. The molecule has 0 saturated carbocycles. The molecular weight excluding hydrogens is 240 g/mol. The van der Waals surface area contributed by atoms with Crippen LogP contribution in [0.5, 0.6) is 0 Å². The van der Waals surface area contributed by atoms with Gasteiger partial charge in [0, 0.05) is 31.0 Å². The Balaban J connectivity index is 1.92. The normalized spacial score (nSPS) is 10.2. The summed E-state index contributed by atoms with van der Waals surface area (Å²) in [6, 6.07) is 9.31. The fourth-order valence-electron chi connectivity index (χ4n) is 1.77. The molecule has 0 aliphatic rings. The SMILES string of the molecule is CCNc1ccc(C(=O)NCc2ccn(C)n2)cc1. The number of nitrogens with one attached hydrogen (secondary N) is 2. The fraction of sp³-hybridized carbons (Fsp3) is 0.286. The summed E-state index contributed by atoms with van der Waals surface area (Å²) >= 11 is 0. The minimum atomic E-state index is -0.0892. The van der Waals surface area contributed by atoms with E-state index in [4.69, 9.17) is 0 Å². The number of hydrogen-bond donors (Lipinski definition) is 2. The predicted octanol–water partition coefficient (Wildman–Crippen LogP) is 1.78. The van der Waals surface area contributed by atoms with Crippen LogP contribution >= 0.6 is 0 Å². The van der Waals surface area contributed by atoms with Crippen molar-refractivity contribution in [3.05, 3.63) is 47.8 Å². The van der Waals surface area contributed by atoms with Crippen LogP contribution in [0.1, 0.15) is 23.0 Å². The molecule has 1 aromatic carbocycles. The van der Waals surface area contributed by atoms with Crippen molar-refractivity contribution in [2.75, 3.05) is 11.9 Å². The average molecular weight is 258 g/mol. The maximum Gasteiger partial charge on any atom is 0.251 e. The van der Waals surface area contributed by atoms with Crippen LogP contribution in [0.3, 0.4) is 0 Å². The molecule has 1 heterocycles. The summed E-state index contributed by atoms with van der Waals surface area (Å²) in [5.74, 6) is -0.0892. The molecule has 1 amide bonds. The zero-order chi connectivity index (χ0) is 13.7. The van der Waals surface area contributed by atoms with Crippen LogP contribution in [0, 0.1) is 0 Å². The van der Waals surface area contributed by atoms with Gasteiger partial charge in [-0.1, -0.05) is 0 Å². The Labute approximate surface area is 112 Å². The van der Waals surface area contributed by atoms with E-state index in [1.165, 1.54) is 0 Å². The maximum atomic E-state index is 11.9. The molecule has 2 aromatic rings. The van der Waals surface area contributed by atoms with Gasteiger partial charge >= 0.3 is 0 Å². The second-order valence-electron chi connectivity index (χ2n) is 4.27. The van der Waals surface area contributed by atoms with E-state index in [0.29, 0.717) is 12.1 Å². The molecule has 0 atom stereocenters. The Kier molecular flexibility index (Phi) is 4.18. The number of hydrogen-bond acceptors (Lipinski definition) is 3. The van der Waals surface area contributed by atoms with Gasteiger partial charge in [-0.05, 0) is 37.3 Å². The third-order valence-electron chi connectivity index (χ3n) is 2.73. The molecule has 0 bridgehead atoms. The lowest BCUT2D eigenvalue weighted by Gasteiger charge is -2.06. The molecule has 1 aromatic heterocycles. The van der Waals surface area contributed by atoms with Gasteiger partial charge < -0.3 is 10.6 Å². The molecule has 0 saturated heterocycles.